The second-order valence-electron chi connectivity index (χ2n) is 4.85. The molecular weight excluding hydrogens is 228 g/mol. The fourth-order valence-corrected chi connectivity index (χ4v) is 2.49. The molecule has 0 bridgehead atoms. The van der Waals surface area contributed by atoms with E-state index in [4.69, 9.17) is 4.74 Å². The summed E-state index contributed by atoms with van der Waals surface area (Å²) in [5.74, 6) is 1.41. The van der Waals surface area contributed by atoms with Gasteiger partial charge < -0.3 is 9.30 Å². The number of hydrogen-bond donors (Lipinski definition) is 0. The van der Waals surface area contributed by atoms with Gasteiger partial charge in [-0.05, 0) is 31.0 Å². The molecule has 0 aliphatic heterocycles. The molecule has 0 amide bonds. The first-order chi connectivity index (χ1) is 8.70. The molecule has 0 radical (unpaired) electrons. The Hall–Kier alpha value is -1.84. The third kappa shape index (κ3) is 1.60. The van der Waals surface area contributed by atoms with Crippen LogP contribution in [-0.4, -0.2) is 22.6 Å². The van der Waals surface area contributed by atoms with E-state index in [0.29, 0.717) is 11.5 Å². The number of esters is 1. The Kier molecular flexibility index (Phi) is 2.58. The summed E-state index contributed by atoms with van der Waals surface area (Å²) in [4.78, 5) is 16.2. The number of aromatic nitrogens is 2. The zero-order chi connectivity index (χ0) is 12.7. The van der Waals surface area contributed by atoms with Crippen molar-refractivity contribution < 1.29 is 9.53 Å². The Balaban J connectivity index is 2.08. The molecule has 0 N–H and O–H groups in total. The summed E-state index contributed by atoms with van der Waals surface area (Å²) >= 11 is 0. The van der Waals surface area contributed by atoms with Crippen LogP contribution >= 0.6 is 0 Å². The van der Waals surface area contributed by atoms with Gasteiger partial charge in [0.2, 0.25) is 0 Å². The van der Waals surface area contributed by atoms with Gasteiger partial charge in [0.05, 0.1) is 23.7 Å². The molecule has 18 heavy (non-hydrogen) atoms. The van der Waals surface area contributed by atoms with Gasteiger partial charge in [0.15, 0.2) is 0 Å². The predicted octanol–water partition coefficient (Wildman–Crippen LogP) is 2.63. The number of methoxy groups -OCH3 is 1. The summed E-state index contributed by atoms with van der Waals surface area (Å²) in [6.45, 7) is 0. The largest absolute Gasteiger partial charge is 0.465 e. The van der Waals surface area contributed by atoms with Crippen molar-refractivity contribution in [2.24, 2.45) is 7.05 Å². The molecule has 0 spiro atoms. The van der Waals surface area contributed by atoms with Crippen LogP contribution in [0.25, 0.3) is 11.0 Å². The van der Waals surface area contributed by atoms with Gasteiger partial charge in [0, 0.05) is 13.0 Å². The predicted molar refractivity (Wildman–Crippen MR) is 68.6 cm³/mol. The molecule has 0 unspecified atom stereocenters. The third-order valence-electron chi connectivity index (χ3n) is 3.81. The first-order valence-corrected chi connectivity index (χ1v) is 6.25. The van der Waals surface area contributed by atoms with Crippen LogP contribution < -0.4 is 0 Å². The average Bonchev–Trinajstić information content (AvgIpc) is 2.63. The van der Waals surface area contributed by atoms with E-state index in [1.54, 1.807) is 6.07 Å². The fourth-order valence-electron chi connectivity index (χ4n) is 2.49. The summed E-state index contributed by atoms with van der Waals surface area (Å²) < 4.78 is 6.87. The molecule has 4 heteroatoms. The van der Waals surface area contributed by atoms with Crippen molar-refractivity contribution >= 4 is 17.0 Å². The van der Waals surface area contributed by atoms with Gasteiger partial charge in [-0.2, -0.15) is 0 Å². The number of hydrogen-bond acceptors (Lipinski definition) is 3. The first-order valence-electron chi connectivity index (χ1n) is 6.25. The molecule has 2 aromatic rings. The second-order valence-corrected chi connectivity index (χ2v) is 4.85. The maximum atomic E-state index is 11.5. The van der Waals surface area contributed by atoms with Crippen molar-refractivity contribution in [3.63, 3.8) is 0 Å². The van der Waals surface area contributed by atoms with E-state index in [1.807, 2.05) is 19.2 Å². The lowest BCUT2D eigenvalue weighted by Gasteiger charge is -2.24. The number of carbonyl (C=O) groups excluding carboxylic acids is 1. The van der Waals surface area contributed by atoms with Crippen LogP contribution in [0.2, 0.25) is 0 Å². The summed E-state index contributed by atoms with van der Waals surface area (Å²) in [7, 11) is 3.44. The molecule has 1 aromatic heterocycles. The van der Waals surface area contributed by atoms with Gasteiger partial charge in [-0.15, -0.1) is 0 Å². The maximum Gasteiger partial charge on any atom is 0.337 e. The van der Waals surface area contributed by atoms with E-state index in [0.717, 1.165) is 16.9 Å². The Bertz CT molecular complexity index is 612. The van der Waals surface area contributed by atoms with Crippen molar-refractivity contribution in [3.8, 4) is 0 Å². The number of fused-ring (bicyclic) bond motifs is 1. The second kappa shape index (κ2) is 4.12. The van der Waals surface area contributed by atoms with Gasteiger partial charge in [-0.25, -0.2) is 9.78 Å². The molecule has 1 saturated carbocycles. The van der Waals surface area contributed by atoms with Crippen LogP contribution in [0, 0.1) is 0 Å². The molecule has 1 aliphatic rings. The molecule has 3 rings (SSSR count). The summed E-state index contributed by atoms with van der Waals surface area (Å²) in [6, 6.07) is 5.54. The Morgan fingerprint density at radius 2 is 2.22 bits per heavy atom. The molecule has 1 heterocycles. The normalized spacial score (nSPS) is 15.7. The lowest BCUT2D eigenvalue weighted by Crippen LogP contribution is -2.13. The average molecular weight is 244 g/mol. The highest BCUT2D eigenvalue weighted by Crippen LogP contribution is 2.36. The Morgan fingerprint density at radius 3 is 2.83 bits per heavy atom. The zero-order valence-corrected chi connectivity index (χ0v) is 10.6. The van der Waals surface area contributed by atoms with Gasteiger partial charge >= 0.3 is 5.97 Å². The van der Waals surface area contributed by atoms with E-state index in [2.05, 4.69) is 9.55 Å². The summed E-state index contributed by atoms with van der Waals surface area (Å²) in [6.07, 6.45) is 3.74. The van der Waals surface area contributed by atoms with Gasteiger partial charge in [0.25, 0.3) is 0 Å². The molecule has 94 valence electrons. The zero-order valence-electron chi connectivity index (χ0n) is 10.6. The molecule has 1 aliphatic carbocycles. The van der Waals surface area contributed by atoms with E-state index in [1.165, 1.54) is 26.4 Å². The molecule has 0 atom stereocenters. The highest BCUT2D eigenvalue weighted by molar-refractivity contribution is 5.93. The molecule has 0 saturated heterocycles. The van der Waals surface area contributed by atoms with E-state index < -0.39 is 0 Å². The van der Waals surface area contributed by atoms with E-state index in [9.17, 15) is 4.79 Å². The van der Waals surface area contributed by atoms with E-state index >= 15 is 0 Å². The number of ether oxygens (including phenoxy) is 1. The van der Waals surface area contributed by atoms with Gasteiger partial charge in [-0.3, -0.25) is 0 Å². The van der Waals surface area contributed by atoms with Crippen LogP contribution in [0.1, 0.15) is 41.4 Å². The number of carbonyl (C=O) groups is 1. The topological polar surface area (TPSA) is 44.1 Å². The quantitative estimate of drug-likeness (QED) is 0.763. The van der Waals surface area contributed by atoms with Crippen LogP contribution in [0.5, 0.6) is 0 Å². The van der Waals surface area contributed by atoms with Crippen LogP contribution in [0.3, 0.4) is 0 Å². The Morgan fingerprint density at radius 1 is 1.44 bits per heavy atom. The smallest absolute Gasteiger partial charge is 0.337 e. The number of rotatable bonds is 2. The van der Waals surface area contributed by atoms with Crippen molar-refractivity contribution in [1.29, 1.82) is 0 Å². The van der Waals surface area contributed by atoms with Gasteiger partial charge in [-0.1, -0.05) is 6.42 Å². The van der Waals surface area contributed by atoms with Gasteiger partial charge in [0.1, 0.15) is 5.82 Å². The lowest BCUT2D eigenvalue weighted by molar-refractivity contribution is 0.0601. The Labute approximate surface area is 106 Å². The molecule has 1 aromatic carbocycles. The standard InChI is InChI=1S/C14H16N2O2/c1-16-12-7-6-10(14(17)18-2)8-11(12)15-13(16)9-4-3-5-9/h6-9H,3-5H2,1-2H3. The van der Waals surface area contributed by atoms with Crippen molar-refractivity contribution in [1.82, 2.24) is 9.55 Å². The van der Waals surface area contributed by atoms with Crippen LogP contribution in [0.4, 0.5) is 0 Å². The monoisotopic (exact) mass is 244 g/mol. The molecule has 1 fully saturated rings. The minimum absolute atomic E-state index is 0.312. The van der Waals surface area contributed by atoms with Crippen LogP contribution in [-0.2, 0) is 11.8 Å². The summed E-state index contributed by atoms with van der Waals surface area (Å²) in [5, 5.41) is 0. The first kappa shape index (κ1) is 11.3. The number of nitrogens with zero attached hydrogens (tertiary/aromatic N) is 2. The highest BCUT2D eigenvalue weighted by atomic mass is 16.5. The van der Waals surface area contributed by atoms with Crippen molar-refractivity contribution in [2.45, 2.75) is 25.2 Å². The minimum Gasteiger partial charge on any atom is -0.465 e. The van der Waals surface area contributed by atoms with Crippen molar-refractivity contribution in [3.05, 3.63) is 29.6 Å². The third-order valence-corrected chi connectivity index (χ3v) is 3.81. The summed E-state index contributed by atoms with van der Waals surface area (Å²) in [5.41, 5.74) is 2.51. The lowest BCUT2D eigenvalue weighted by atomic mass is 9.85. The van der Waals surface area contributed by atoms with Crippen molar-refractivity contribution in [2.75, 3.05) is 7.11 Å². The number of imidazole rings is 1. The maximum absolute atomic E-state index is 11.5. The molecular formula is C14H16N2O2. The van der Waals surface area contributed by atoms with Crippen LogP contribution in [0.15, 0.2) is 18.2 Å². The number of aryl methyl sites for hydroxylation is 1. The number of benzene rings is 1. The SMILES string of the molecule is COC(=O)c1ccc2c(c1)nc(C1CCC1)n2C. The molecule has 4 nitrogen and oxygen atoms in total. The minimum atomic E-state index is -0.312. The van der Waals surface area contributed by atoms with E-state index in [-0.39, 0.29) is 5.97 Å². The highest BCUT2D eigenvalue weighted by Gasteiger charge is 2.24. The fraction of sp³-hybridized carbons (Fsp3) is 0.429.